The third kappa shape index (κ3) is 4.68. The van der Waals surface area contributed by atoms with Crippen LogP contribution in [0.15, 0.2) is 48.5 Å². The first-order valence-electron chi connectivity index (χ1n) is 9.51. The van der Waals surface area contributed by atoms with Crippen molar-refractivity contribution in [3.8, 4) is 11.5 Å². The summed E-state index contributed by atoms with van der Waals surface area (Å²) < 4.78 is 5.48. The predicted octanol–water partition coefficient (Wildman–Crippen LogP) is -4.06. The number of nitro groups is 4. The molecule has 0 spiro atoms. The Bertz CT molecular complexity index is 1390. The summed E-state index contributed by atoms with van der Waals surface area (Å²) in [6.45, 7) is 0. The van der Waals surface area contributed by atoms with Gasteiger partial charge in [0.05, 0.1) is 36.8 Å². The van der Waals surface area contributed by atoms with Gasteiger partial charge in [0.15, 0.2) is 5.60 Å². The van der Waals surface area contributed by atoms with Crippen LogP contribution in [0.5, 0.6) is 11.5 Å². The average molecular weight is 542 g/mol. The van der Waals surface area contributed by atoms with E-state index in [0.29, 0.717) is 24.3 Å². The number of carbonyl (C=O) groups is 1. The first-order chi connectivity index (χ1) is 16.9. The minimum absolute atomic E-state index is 0. The van der Waals surface area contributed by atoms with E-state index < -0.39 is 76.6 Å². The van der Waals surface area contributed by atoms with Gasteiger partial charge in [0.25, 0.3) is 22.7 Å². The van der Waals surface area contributed by atoms with Gasteiger partial charge in [-0.05, 0) is 6.07 Å². The van der Waals surface area contributed by atoms with E-state index in [2.05, 4.69) is 0 Å². The number of esters is 1. The minimum Gasteiger partial charge on any atom is -0.863 e. The SMILES string of the molecule is O=C1OC(c2cc([N+](=O)[O-])c([O-])c([N+](=O)[O-])c2)(c2cc([N+](=O)[O-])c([O-])c([N+](=O)[O-])c2)c2ccccc21.[Na+].[Na+]. The van der Waals surface area contributed by atoms with Gasteiger partial charge in [-0.2, -0.15) is 0 Å². The first-order valence-corrected chi connectivity index (χ1v) is 9.51. The van der Waals surface area contributed by atoms with Crippen LogP contribution in [0.2, 0.25) is 0 Å². The Labute approximate surface area is 254 Å². The second-order valence-corrected chi connectivity index (χ2v) is 7.33. The monoisotopic (exact) mass is 542 g/mol. The molecule has 1 aliphatic rings. The van der Waals surface area contributed by atoms with Gasteiger partial charge in [0, 0.05) is 41.0 Å². The zero-order chi connectivity index (χ0) is 26.5. The Morgan fingerprint density at radius 3 is 1.32 bits per heavy atom. The van der Waals surface area contributed by atoms with E-state index >= 15 is 0 Å². The molecule has 182 valence electrons. The first kappa shape index (κ1) is 30.6. The molecule has 0 atom stereocenters. The summed E-state index contributed by atoms with van der Waals surface area (Å²) in [5, 5.41) is 70.6. The van der Waals surface area contributed by atoms with E-state index in [4.69, 9.17) is 4.74 Å². The molecule has 0 aliphatic carbocycles. The molecule has 0 bridgehead atoms. The molecule has 0 saturated heterocycles. The van der Waals surface area contributed by atoms with Crippen LogP contribution in [0, 0.1) is 40.5 Å². The molecule has 0 unspecified atom stereocenters. The van der Waals surface area contributed by atoms with Crippen molar-refractivity contribution in [3.63, 3.8) is 0 Å². The Hall–Kier alpha value is -3.67. The number of fused-ring (bicyclic) bond motifs is 1. The standard InChI is InChI=1S/C20H10N4O12.2Na/c25-17-13(21(28)29)5-9(6-14(17)22(30)31)20(12-4-2-1-3-11(12)19(27)36-20)10-7-15(23(32)33)18(26)16(8-10)24(34)35;;/h1-8,25-26H;;/q;2*+1/p-2. The molecule has 18 heteroatoms. The van der Waals surface area contributed by atoms with Crippen LogP contribution < -0.4 is 69.3 Å². The van der Waals surface area contributed by atoms with Gasteiger partial charge >= 0.3 is 65.1 Å². The van der Waals surface area contributed by atoms with Crippen molar-refractivity contribution in [1.29, 1.82) is 0 Å². The second-order valence-electron chi connectivity index (χ2n) is 7.33. The molecule has 1 heterocycles. The van der Waals surface area contributed by atoms with Gasteiger partial charge in [-0.25, -0.2) is 4.79 Å². The van der Waals surface area contributed by atoms with Gasteiger partial charge < -0.3 is 14.9 Å². The number of hydrogen-bond donors (Lipinski definition) is 0. The third-order valence-corrected chi connectivity index (χ3v) is 5.47. The molecule has 0 N–H and O–H groups in total. The summed E-state index contributed by atoms with van der Waals surface area (Å²) in [6.07, 6.45) is 0. The minimum atomic E-state index is -2.47. The molecule has 4 rings (SSSR count). The number of ether oxygens (including phenoxy) is 1. The summed E-state index contributed by atoms with van der Waals surface area (Å²) in [7, 11) is 0. The van der Waals surface area contributed by atoms with Gasteiger partial charge in [-0.3, -0.25) is 40.5 Å². The maximum absolute atomic E-state index is 12.8. The summed E-state index contributed by atoms with van der Waals surface area (Å²) in [4.78, 5) is 53.9. The van der Waals surface area contributed by atoms with E-state index in [0.717, 1.165) is 0 Å². The fraction of sp³-hybridized carbons (Fsp3) is 0.0500. The van der Waals surface area contributed by atoms with Crippen LogP contribution >= 0.6 is 0 Å². The summed E-state index contributed by atoms with van der Waals surface area (Å²) in [5.74, 6) is -4.24. The number of cyclic esters (lactones) is 1. The smallest absolute Gasteiger partial charge is 0.863 e. The zero-order valence-electron chi connectivity index (χ0n) is 19.3. The van der Waals surface area contributed by atoms with Crippen molar-refractivity contribution in [2.24, 2.45) is 0 Å². The maximum atomic E-state index is 12.8. The maximum Gasteiger partial charge on any atom is 1.00 e. The molecule has 3 aromatic carbocycles. The molecular weight excluding hydrogens is 534 g/mol. The number of hydrogen-bond acceptors (Lipinski definition) is 12. The van der Waals surface area contributed by atoms with Crippen LogP contribution in [-0.2, 0) is 10.3 Å². The predicted molar refractivity (Wildman–Crippen MR) is 110 cm³/mol. The molecule has 3 aromatic rings. The molecule has 1 aliphatic heterocycles. The van der Waals surface area contributed by atoms with Gasteiger partial charge in [-0.15, -0.1) is 0 Å². The molecule has 0 aromatic heterocycles. The molecule has 38 heavy (non-hydrogen) atoms. The van der Waals surface area contributed by atoms with Gasteiger partial charge in [-0.1, -0.05) is 18.2 Å². The number of rotatable bonds is 6. The number of benzene rings is 3. The van der Waals surface area contributed by atoms with E-state index in [1.807, 2.05) is 0 Å². The van der Waals surface area contributed by atoms with Crippen LogP contribution in [0.25, 0.3) is 0 Å². The summed E-state index contributed by atoms with van der Waals surface area (Å²) >= 11 is 0. The fourth-order valence-corrected chi connectivity index (χ4v) is 3.96. The quantitative estimate of drug-likeness (QED) is 0.125. The molecular formula is C20H8N4Na2O12. The fourth-order valence-electron chi connectivity index (χ4n) is 3.96. The van der Waals surface area contributed by atoms with Crippen LogP contribution in [0.4, 0.5) is 22.7 Å². The van der Waals surface area contributed by atoms with Crippen molar-refractivity contribution in [2.45, 2.75) is 5.60 Å². The molecule has 0 radical (unpaired) electrons. The van der Waals surface area contributed by atoms with Gasteiger partial charge in [0.2, 0.25) is 0 Å². The Morgan fingerprint density at radius 2 is 0.974 bits per heavy atom. The summed E-state index contributed by atoms with van der Waals surface area (Å²) in [6, 6.07) is 7.50. The van der Waals surface area contributed by atoms with Crippen LogP contribution in [0.1, 0.15) is 27.0 Å². The van der Waals surface area contributed by atoms with E-state index in [9.17, 15) is 55.5 Å². The second kappa shape index (κ2) is 11.0. The Kier molecular flexibility index (Phi) is 8.83. The van der Waals surface area contributed by atoms with E-state index in [-0.39, 0.29) is 70.2 Å². The van der Waals surface area contributed by atoms with Crippen molar-refractivity contribution >= 4 is 28.7 Å². The summed E-state index contributed by atoms with van der Waals surface area (Å²) in [5.41, 5.74) is -9.12. The number of carbonyl (C=O) groups excluding carboxylic acids is 1. The van der Waals surface area contributed by atoms with Crippen LogP contribution in [-0.4, -0.2) is 25.7 Å². The topological polar surface area (TPSA) is 245 Å². The average Bonchev–Trinajstić information content (AvgIpc) is 3.12. The number of nitro benzene ring substituents is 4. The molecule has 0 saturated carbocycles. The van der Waals surface area contributed by atoms with Crippen LogP contribution in [0.3, 0.4) is 0 Å². The normalized spacial score (nSPS) is 12.8. The van der Waals surface area contributed by atoms with E-state index in [1.165, 1.54) is 24.3 Å². The van der Waals surface area contributed by atoms with Crippen molar-refractivity contribution in [2.75, 3.05) is 0 Å². The Balaban J connectivity index is 0.00000253. The number of nitrogens with zero attached hydrogens (tertiary/aromatic N) is 4. The van der Waals surface area contributed by atoms with Gasteiger partial charge in [0.1, 0.15) is 0 Å². The molecule has 16 nitrogen and oxygen atoms in total. The van der Waals surface area contributed by atoms with E-state index in [1.54, 1.807) is 0 Å². The van der Waals surface area contributed by atoms with Crippen molar-refractivity contribution in [1.82, 2.24) is 0 Å². The Morgan fingerprint density at radius 1 is 0.632 bits per heavy atom. The van der Waals surface area contributed by atoms with Crippen molar-refractivity contribution < 1.29 is 98.6 Å². The largest absolute Gasteiger partial charge is 1.00 e. The molecule has 0 amide bonds. The third-order valence-electron chi connectivity index (χ3n) is 5.47. The van der Waals surface area contributed by atoms with Crippen molar-refractivity contribution in [3.05, 3.63) is 111 Å². The molecule has 0 fully saturated rings. The zero-order valence-corrected chi connectivity index (χ0v) is 23.3.